The summed E-state index contributed by atoms with van der Waals surface area (Å²) in [7, 11) is 0. The molecule has 4 rings (SSSR count). The van der Waals surface area contributed by atoms with Crippen LogP contribution in [0, 0.1) is 25.2 Å². The van der Waals surface area contributed by atoms with Crippen LogP contribution < -0.4 is 0 Å². The minimum Gasteiger partial charge on any atom is -0.462 e. The zero-order chi connectivity index (χ0) is 22.8. The molecule has 164 valence electrons. The van der Waals surface area contributed by atoms with Gasteiger partial charge in [0.2, 0.25) is 0 Å². The third-order valence-electron chi connectivity index (χ3n) is 5.86. The summed E-state index contributed by atoms with van der Waals surface area (Å²) in [6.07, 6.45) is 6.13. The maximum atomic E-state index is 13.0. The van der Waals surface area contributed by atoms with Crippen LogP contribution >= 0.6 is 27.3 Å². The van der Waals surface area contributed by atoms with Crippen molar-refractivity contribution in [3.05, 3.63) is 73.3 Å². The molecular weight excluding hydrogens is 484 g/mol. The Balaban J connectivity index is 1.85. The van der Waals surface area contributed by atoms with E-state index in [0.717, 1.165) is 68.8 Å². The Labute approximate surface area is 201 Å². The molecule has 0 fully saturated rings. The quantitative estimate of drug-likeness (QED) is 0.274. The lowest BCUT2D eigenvalue weighted by atomic mass is 9.95. The summed E-state index contributed by atoms with van der Waals surface area (Å²) in [5, 5.41) is 10.7. The summed E-state index contributed by atoms with van der Waals surface area (Å²) in [6, 6.07) is 12.2. The molecule has 2 aromatic heterocycles. The first-order valence-electron chi connectivity index (χ1n) is 10.8. The highest BCUT2D eigenvalue weighted by molar-refractivity contribution is 9.10. The highest BCUT2D eigenvalue weighted by Crippen LogP contribution is 2.39. The highest BCUT2D eigenvalue weighted by atomic mass is 79.9. The lowest BCUT2D eigenvalue weighted by molar-refractivity contribution is 0.0525. The van der Waals surface area contributed by atoms with Crippen molar-refractivity contribution in [1.29, 1.82) is 5.26 Å². The van der Waals surface area contributed by atoms with Crippen LogP contribution in [-0.2, 0) is 17.6 Å². The first-order valence-corrected chi connectivity index (χ1v) is 12.4. The maximum absolute atomic E-state index is 13.0. The molecule has 0 radical (unpaired) electrons. The number of nitriles is 1. The fraction of sp³-hybridized carbons (Fsp3) is 0.308. The summed E-state index contributed by atoms with van der Waals surface area (Å²) < 4.78 is 8.53. The van der Waals surface area contributed by atoms with Gasteiger partial charge in [0.25, 0.3) is 0 Å². The highest BCUT2D eigenvalue weighted by Gasteiger charge is 2.28. The van der Waals surface area contributed by atoms with Gasteiger partial charge in [0.1, 0.15) is 5.00 Å². The van der Waals surface area contributed by atoms with E-state index in [2.05, 4.69) is 32.6 Å². The van der Waals surface area contributed by atoms with Gasteiger partial charge in [0, 0.05) is 20.7 Å². The average molecular weight is 509 g/mol. The molecule has 2 heterocycles. The second kappa shape index (κ2) is 9.48. The van der Waals surface area contributed by atoms with E-state index in [1.54, 1.807) is 11.3 Å². The van der Waals surface area contributed by atoms with Crippen LogP contribution in [0.1, 0.15) is 63.1 Å². The predicted octanol–water partition coefficient (Wildman–Crippen LogP) is 7.04. The van der Waals surface area contributed by atoms with E-state index in [1.807, 2.05) is 51.1 Å². The third kappa shape index (κ3) is 4.20. The van der Waals surface area contributed by atoms with Gasteiger partial charge in [-0.2, -0.15) is 5.26 Å². The molecule has 0 N–H and O–H groups in total. The number of halogens is 1. The van der Waals surface area contributed by atoms with Gasteiger partial charge in [-0.15, -0.1) is 11.3 Å². The first kappa shape index (κ1) is 22.6. The molecule has 1 aliphatic rings. The molecular formula is C26H25BrN2O2S. The number of thiophene rings is 1. The molecule has 1 aliphatic carbocycles. The van der Waals surface area contributed by atoms with E-state index in [4.69, 9.17) is 4.74 Å². The fourth-order valence-corrected chi connectivity index (χ4v) is 6.25. The molecule has 3 aromatic rings. The van der Waals surface area contributed by atoms with Crippen LogP contribution in [0.5, 0.6) is 0 Å². The monoisotopic (exact) mass is 508 g/mol. The van der Waals surface area contributed by atoms with Gasteiger partial charge in [-0.25, -0.2) is 4.79 Å². The van der Waals surface area contributed by atoms with Crippen LogP contribution in [0.3, 0.4) is 0 Å². The number of aromatic nitrogens is 1. The van der Waals surface area contributed by atoms with Crippen LogP contribution in [0.2, 0.25) is 0 Å². The lowest BCUT2D eigenvalue weighted by Gasteiger charge is -2.13. The van der Waals surface area contributed by atoms with Gasteiger partial charge in [0.15, 0.2) is 0 Å². The van der Waals surface area contributed by atoms with Crippen molar-refractivity contribution >= 4 is 44.9 Å². The molecule has 0 spiro atoms. The minimum absolute atomic E-state index is 0.238. The van der Waals surface area contributed by atoms with E-state index in [-0.39, 0.29) is 5.97 Å². The van der Waals surface area contributed by atoms with Crippen LogP contribution in [0.25, 0.3) is 16.7 Å². The largest absolute Gasteiger partial charge is 0.462 e. The molecule has 0 bridgehead atoms. The number of hydrogen-bond acceptors (Lipinski definition) is 4. The number of benzene rings is 1. The van der Waals surface area contributed by atoms with Gasteiger partial charge in [-0.3, -0.25) is 0 Å². The fourth-order valence-electron chi connectivity index (χ4n) is 4.36. The predicted molar refractivity (Wildman–Crippen MR) is 133 cm³/mol. The SMILES string of the molecule is CCOC(=O)c1c(-n2c(C)cc(/C=C(\C#N)c3cccc(Br)c3)c2C)sc2c1CCCC2. The summed E-state index contributed by atoms with van der Waals surface area (Å²) in [5.41, 5.74) is 6.36. The zero-order valence-electron chi connectivity index (χ0n) is 18.5. The maximum Gasteiger partial charge on any atom is 0.341 e. The molecule has 6 heteroatoms. The summed E-state index contributed by atoms with van der Waals surface area (Å²) in [6.45, 7) is 6.29. The molecule has 0 atom stereocenters. The summed E-state index contributed by atoms with van der Waals surface area (Å²) >= 11 is 5.19. The smallest absolute Gasteiger partial charge is 0.341 e. The van der Waals surface area contributed by atoms with Gasteiger partial charge < -0.3 is 9.30 Å². The van der Waals surface area contributed by atoms with E-state index in [1.165, 1.54) is 4.88 Å². The molecule has 0 saturated carbocycles. The number of hydrogen-bond donors (Lipinski definition) is 0. The Bertz CT molecular complexity index is 1260. The average Bonchev–Trinajstić information content (AvgIpc) is 3.28. The zero-order valence-corrected chi connectivity index (χ0v) is 20.9. The number of allylic oxidation sites excluding steroid dienone is 1. The summed E-state index contributed by atoms with van der Waals surface area (Å²) in [4.78, 5) is 14.3. The number of ether oxygens (including phenoxy) is 1. The Kier molecular flexibility index (Phi) is 6.68. The standard InChI is InChI=1S/C26H25BrN2O2S/c1-4-31-26(30)24-22-10-5-6-11-23(22)32-25(24)29-16(2)12-19(17(29)3)13-20(15-28)18-8-7-9-21(27)14-18/h7-9,12-14H,4-6,10-11H2,1-3H3/b20-13+. The van der Waals surface area contributed by atoms with Crippen molar-refractivity contribution in [3.63, 3.8) is 0 Å². The van der Waals surface area contributed by atoms with Crippen molar-refractivity contribution in [2.45, 2.75) is 46.5 Å². The second-order valence-electron chi connectivity index (χ2n) is 7.95. The number of carbonyl (C=O) groups is 1. The molecule has 4 nitrogen and oxygen atoms in total. The van der Waals surface area contributed by atoms with Crippen LogP contribution in [0.15, 0.2) is 34.8 Å². The van der Waals surface area contributed by atoms with Crippen molar-refractivity contribution in [2.24, 2.45) is 0 Å². The third-order valence-corrected chi connectivity index (χ3v) is 7.63. The van der Waals surface area contributed by atoms with Gasteiger partial charge in [-0.1, -0.05) is 28.1 Å². The molecule has 1 aromatic carbocycles. The lowest BCUT2D eigenvalue weighted by Crippen LogP contribution is -2.12. The number of carbonyl (C=O) groups excluding carboxylic acids is 1. The number of rotatable bonds is 5. The van der Waals surface area contributed by atoms with E-state index >= 15 is 0 Å². The number of nitrogens with zero attached hydrogens (tertiary/aromatic N) is 2. The van der Waals surface area contributed by atoms with E-state index in [0.29, 0.717) is 12.2 Å². The van der Waals surface area contributed by atoms with Gasteiger partial charge >= 0.3 is 5.97 Å². The van der Waals surface area contributed by atoms with Crippen molar-refractivity contribution in [1.82, 2.24) is 4.57 Å². The van der Waals surface area contributed by atoms with E-state index in [9.17, 15) is 10.1 Å². The number of esters is 1. The van der Waals surface area contributed by atoms with Crippen LogP contribution in [0.4, 0.5) is 0 Å². The Hall–Kier alpha value is -2.62. The second-order valence-corrected chi connectivity index (χ2v) is 9.95. The molecule has 0 aliphatic heterocycles. The van der Waals surface area contributed by atoms with Crippen molar-refractivity contribution in [3.8, 4) is 11.1 Å². The molecule has 0 amide bonds. The number of fused-ring (bicyclic) bond motifs is 1. The molecule has 0 saturated heterocycles. The van der Waals surface area contributed by atoms with Crippen LogP contribution in [-0.4, -0.2) is 17.1 Å². The minimum atomic E-state index is -0.238. The topological polar surface area (TPSA) is 55.0 Å². The van der Waals surface area contributed by atoms with E-state index < -0.39 is 0 Å². The number of aryl methyl sites for hydroxylation is 2. The first-order chi connectivity index (χ1) is 15.4. The van der Waals surface area contributed by atoms with Gasteiger partial charge in [-0.05, 0) is 87.4 Å². The summed E-state index contributed by atoms with van der Waals surface area (Å²) in [5.74, 6) is -0.238. The van der Waals surface area contributed by atoms with Crippen molar-refractivity contribution < 1.29 is 9.53 Å². The normalized spacial score (nSPS) is 13.5. The molecule has 32 heavy (non-hydrogen) atoms. The van der Waals surface area contributed by atoms with Crippen molar-refractivity contribution in [2.75, 3.05) is 6.61 Å². The Morgan fingerprint density at radius 3 is 2.78 bits per heavy atom. The molecule has 0 unspecified atom stereocenters. The van der Waals surface area contributed by atoms with Gasteiger partial charge in [0.05, 0.1) is 23.8 Å². The Morgan fingerprint density at radius 1 is 1.28 bits per heavy atom. The Morgan fingerprint density at radius 2 is 2.06 bits per heavy atom.